The van der Waals surface area contributed by atoms with Crippen LogP contribution in [-0.2, 0) is 9.47 Å². The lowest BCUT2D eigenvalue weighted by Crippen LogP contribution is -2.55. The summed E-state index contributed by atoms with van der Waals surface area (Å²) >= 11 is 0. The molecular weight excluding hydrogens is 510 g/mol. The van der Waals surface area contributed by atoms with E-state index < -0.39 is 17.0 Å². The van der Waals surface area contributed by atoms with E-state index in [9.17, 15) is 10.2 Å². The third-order valence-corrected chi connectivity index (χ3v) is 12.5. The van der Waals surface area contributed by atoms with E-state index in [2.05, 4.69) is 55.0 Å². The molecule has 0 bridgehead atoms. The van der Waals surface area contributed by atoms with Crippen LogP contribution in [0.15, 0.2) is 35.4 Å². The maximum absolute atomic E-state index is 12.3. The van der Waals surface area contributed by atoms with Crippen molar-refractivity contribution in [2.24, 2.45) is 17.3 Å². The van der Waals surface area contributed by atoms with Crippen molar-refractivity contribution < 1.29 is 19.7 Å². The second-order valence-corrected chi connectivity index (χ2v) is 14.4. The molecule has 5 heteroatoms. The van der Waals surface area contributed by atoms with Gasteiger partial charge in [-0.3, -0.25) is 0 Å². The molecule has 5 aliphatic carbocycles. The van der Waals surface area contributed by atoms with E-state index in [1.165, 1.54) is 54.5 Å². The van der Waals surface area contributed by atoms with Gasteiger partial charge in [-0.2, -0.15) is 0 Å². The predicted molar refractivity (Wildman–Crippen MR) is 161 cm³/mol. The van der Waals surface area contributed by atoms with Crippen LogP contribution in [0.4, 0.5) is 5.69 Å². The molecule has 4 saturated carbocycles. The van der Waals surface area contributed by atoms with E-state index in [0.717, 1.165) is 44.9 Å². The zero-order valence-corrected chi connectivity index (χ0v) is 25.4. The van der Waals surface area contributed by atoms with Crippen LogP contribution in [0, 0.1) is 29.1 Å². The molecule has 1 spiro atoms. The molecule has 222 valence electrons. The highest BCUT2D eigenvalue weighted by molar-refractivity contribution is 5.51. The van der Waals surface area contributed by atoms with Gasteiger partial charge in [0, 0.05) is 43.0 Å². The number of aliphatic hydroxyl groups is 2. The van der Waals surface area contributed by atoms with E-state index in [-0.39, 0.29) is 11.3 Å². The van der Waals surface area contributed by atoms with Crippen molar-refractivity contribution >= 4 is 5.69 Å². The number of rotatable bonds is 3. The van der Waals surface area contributed by atoms with Crippen molar-refractivity contribution in [3.8, 4) is 11.8 Å². The minimum absolute atomic E-state index is 0.167. The van der Waals surface area contributed by atoms with E-state index in [1.807, 2.05) is 6.92 Å². The van der Waals surface area contributed by atoms with E-state index in [4.69, 9.17) is 9.47 Å². The normalized spacial score (nSPS) is 40.0. The van der Waals surface area contributed by atoms with Crippen LogP contribution in [0.5, 0.6) is 0 Å². The Bertz CT molecular complexity index is 1250. The quantitative estimate of drug-likeness (QED) is 0.328. The average Bonchev–Trinajstić information content (AvgIpc) is 3.53. The lowest BCUT2D eigenvalue weighted by Gasteiger charge is -2.57. The SMILES string of the molecule is CC#C[C@]1(O)CCC2C3CC[C@@]4(O)CC5(CCC4=C3C(c3ccc(N(C)C4CCCCC4)cc3)CC21C)OCCO5. The van der Waals surface area contributed by atoms with E-state index in [0.29, 0.717) is 37.5 Å². The fraction of sp³-hybridized carbons (Fsp3) is 0.722. The van der Waals surface area contributed by atoms with Crippen LogP contribution in [0.2, 0.25) is 0 Å². The molecule has 6 atom stereocenters. The molecule has 1 aliphatic heterocycles. The topological polar surface area (TPSA) is 62.2 Å². The fourth-order valence-electron chi connectivity index (χ4n) is 10.3. The van der Waals surface area contributed by atoms with Gasteiger partial charge in [0.1, 0.15) is 5.60 Å². The summed E-state index contributed by atoms with van der Waals surface area (Å²) in [6.45, 7) is 5.40. The van der Waals surface area contributed by atoms with Crippen LogP contribution in [0.3, 0.4) is 0 Å². The Morgan fingerprint density at radius 1 is 0.927 bits per heavy atom. The number of hydrogen-bond donors (Lipinski definition) is 2. The first-order valence-electron chi connectivity index (χ1n) is 16.4. The number of ether oxygens (including phenoxy) is 2. The molecule has 1 aromatic carbocycles. The van der Waals surface area contributed by atoms with Crippen LogP contribution < -0.4 is 4.90 Å². The predicted octanol–water partition coefficient (Wildman–Crippen LogP) is 6.48. The van der Waals surface area contributed by atoms with Gasteiger partial charge in [0.2, 0.25) is 0 Å². The summed E-state index contributed by atoms with van der Waals surface area (Å²) in [5.74, 6) is 6.65. The summed E-state index contributed by atoms with van der Waals surface area (Å²) < 4.78 is 12.2. The van der Waals surface area contributed by atoms with Gasteiger partial charge in [-0.25, -0.2) is 0 Å². The number of hydrogen-bond acceptors (Lipinski definition) is 5. The smallest absolute Gasteiger partial charge is 0.171 e. The maximum atomic E-state index is 12.3. The van der Waals surface area contributed by atoms with Gasteiger partial charge in [-0.05, 0) is 93.4 Å². The van der Waals surface area contributed by atoms with Gasteiger partial charge in [-0.1, -0.05) is 49.8 Å². The van der Waals surface area contributed by atoms with Crippen molar-refractivity contribution in [2.45, 2.75) is 126 Å². The van der Waals surface area contributed by atoms with Gasteiger partial charge >= 0.3 is 0 Å². The molecule has 0 aromatic heterocycles. The highest BCUT2D eigenvalue weighted by Crippen LogP contribution is 2.67. The van der Waals surface area contributed by atoms with Gasteiger partial charge < -0.3 is 24.6 Å². The minimum Gasteiger partial charge on any atom is -0.385 e. The second-order valence-electron chi connectivity index (χ2n) is 14.4. The zero-order chi connectivity index (χ0) is 28.5. The molecule has 2 N–H and O–H groups in total. The number of anilines is 1. The Labute approximate surface area is 246 Å². The molecule has 1 heterocycles. The number of fused-ring (bicyclic) bond motifs is 4. The van der Waals surface area contributed by atoms with Crippen molar-refractivity contribution in [2.75, 3.05) is 25.2 Å². The van der Waals surface area contributed by atoms with Crippen molar-refractivity contribution in [1.82, 2.24) is 0 Å². The Morgan fingerprint density at radius 3 is 2.37 bits per heavy atom. The van der Waals surface area contributed by atoms with Crippen LogP contribution in [0.25, 0.3) is 0 Å². The average molecular weight is 560 g/mol. The first-order chi connectivity index (χ1) is 19.7. The van der Waals surface area contributed by atoms with Crippen LogP contribution in [-0.4, -0.2) is 53.5 Å². The molecule has 4 unspecified atom stereocenters. The summed E-state index contributed by atoms with van der Waals surface area (Å²) in [5, 5.41) is 24.3. The highest BCUT2D eigenvalue weighted by atomic mass is 16.7. The second kappa shape index (κ2) is 10.1. The lowest BCUT2D eigenvalue weighted by molar-refractivity contribution is -0.208. The molecular formula is C36H49NO4. The zero-order valence-electron chi connectivity index (χ0n) is 25.4. The fourth-order valence-corrected chi connectivity index (χ4v) is 10.3. The Kier molecular flexibility index (Phi) is 6.90. The number of benzene rings is 1. The molecule has 1 saturated heterocycles. The molecule has 5 nitrogen and oxygen atoms in total. The minimum atomic E-state index is -0.960. The van der Waals surface area contributed by atoms with Gasteiger partial charge in [0.05, 0.1) is 18.8 Å². The van der Waals surface area contributed by atoms with Gasteiger partial charge in [0.25, 0.3) is 0 Å². The molecule has 1 aromatic rings. The summed E-state index contributed by atoms with van der Waals surface area (Å²) in [6.07, 6.45) is 13.0. The van der Waals surface area contributed by atoms with Crippen molar-refractivity contribution in [3.05, 3.63) is 41.0 Å². The summed E-state index contributed by atoms with van der Waals surface area (Å²) in [5.41, 5.74) is 3.21. The third-order valence-electron chi connectivity index (χ3n) is 12.5. The summed E-state index contributed by atoms with van der Waals surface area (Å²) in [4.78, 5) is 2.49. The Morgan fingerprint density at radius 2 is 1.66 bits per heavy atom. The highest BCUT2D eigenvalue weighted by Gasteiger charge is 2.64. The largest absolute Gasteiger partial charge is 0.385 e. The molecule has 6 aliphatic rings. The monoisotopic (exact) mass is 559 g/mol. The van der Waals surface area contributed by atoms with Gasteiger partial charge in [0.15, 0.2) is 5.79 Å². The van der Waals surface area contributed by atoms with Crippen LogP contribution >= 0.6 is 0 Å². The molecule has 41 heavy (non-hydrogen) atoms. The van der Waals surface area contributed by atoms with Gasteiger partial charge in [-0.15, -0.1) is 5.92 Å². The summed E-state index contributed by atoms with van der Waals surface area (Å²) in [7, 11) is 2.26. The standard InChI is InChI=1S/C36H49NO4/c1-4-17-35(39)19-15-30-28-14-18-34(38)24-36(40-21-22-41-36)20-16-31(34)32(28)29(23-33(30,35)2)25-10-12-27(13-11-25)37(3)26-8-6-5-7-9-26/h10-13,26,28-30,38-39H,5-9,14-16,18-24H2,1-3H3/t28?,29?,30?,33?,34-,35+/m1/s1. The molecule has 7 rings (SSSR count). The van der Waals surface area contributed by atoms with E-state index >= 15 is 0 Å². The molecule has 5 fully saturated rings. The lowest BCUT2D eigenvalue weighted by atomic mass is 9.49. The van der Waals surface area contributed by atoms with Crippen molar-refractivity contribution in [1.29, 1.82) is 0 Å². The molecule has 0 radical (unpaired) electrons. The van der Waals surface area contributed by atoms with Crippen LogP contribution in [0.1, 0.15) is 109 Å². The summed E-state index contributed by atoms with van der Waals surface area (Å²) in [6, 6.07) is 9.94. The third kappa shape index (κ3) is 4.35. The molecule has 0 amide bonds. The number of nitrogens with zero attached hydrogens (tertiary/aromatic N) is 1. The number of allylic oxidation sites excluding steroid dienone is 1. The first kappa shape index (κ1) is 28.0. The Balaban J connectivity index is 1.29. The first-order valence-corrected chi connectivity index (χ1v) is 16.4. The Hall–Kier alpha value is -1.84. The maximum Gasteiger partial charge on any atom is 0.171 e. The van der Waals surface area contributed by atoms with E-state index in [1.54, 1.807) is 0 Å². The van der Waals surface area contributed by atoms with Crippen molar-refractivity contribution in [3.63, 3.8) is 0 Å².